The first kappa shape index (κ1) is 13.4. The highest BCUT2D eigenvalue weighted by Crippen LogP contribution is 2.22. The van der Waals surface area contributed by atoms with Crippen molar-refractivity contribution in [2.45, 2.75) is 26.3 Å². The Morgan fingerprint density at radius 2 is 2.00 bits per heavy atom. The summed E-state index contributed by atoms with van der Waals surface area (Å²) in [6, 6.07) is 7.36. The average Bonchev–Trinajstić information content (AvgIpc) is 2.36. The smallest absolute Gasteiger partial charge is 0.0370 e. The Labute approximate surface area is 111 Å². The molecular weight excluding hydrogens is 222 g/mol. The standard InChI is InChI=1S/C15H25N3/c1-12-4-5-14(10-13(12)2)18-9-8-17(3)15(11-18)6-7-16/h4-5,10,15H,6-9,11,16H2,1-3H3. The van der Waals surface area contributed by atoms with Gasteiger partial charge in [-0.2, -0.15) is 0 Å². The van der Waals surface area contributed by atoms with Crippen LogP contribution in [0.25, 0.3) is 0 Å². The van der Waals surface area contributed by atoms with Gasteiger partial charge in [0.25, 0.3) is 0 Å². The van der Waals surface area contributed by atoms with Crippen LogP contribution in [0, 0.1) is 13.8 Å². The number of piperazine rings is 1. The van der Waals surface area contributed by atoms with Crippen LogP contribution in [-0.4, -0.2) is 44.2 Å². The normalized spacial score (nSPS) is 21.3. The lowest BCUT2D eigenvalue weighted by atomic mass is 10.1. The molecule has 3 nitrogen and oxygen atoms in total. The second-order valence-corrected chi connectivity index (χ2v) is 5.43. The number of hydrogen-bond acceptors (Lipinski definition) is 3. The average molecular weight is 247 g/mol. The second-order valence-electron chi connectivity index (χ2n) is 5.43. The lowest BCUT2D eigenvalue weighted by molar-refractivity contribution is 0.210. The Kier molecular flexibility index (Phi) is 4.25. The van der Waals surface area contributed by atoms with Gasteiger partial charge in [-0.1, -0.05) is 6.07 Å². The van der Waals surface area contributed by atoms with Crippen LogP contribution in [0.2, 0.25) is 0 Å². The van der Waals surface area contributed by atoms with E-state index in [1.54, 1.807) is 0 Å². The molecule has 1 atom stereocenters. The fraction of sp³-hybridized carbons (Fsp3) is 0.600. The van der Waals surface area contributed by atoms with Gasteiger partial charge in [0.05, 0.1) is 0 Å². The van der Waals surface area contributed by atoms with Crippen LogP contribution >= 0.6 is 0 Å². The van der Waals surface area contributed by atoms with Crippen LogP contribution in [0.5, 0.6) is 0 Å². The number of anilines is 1. The van der Waals surface area contributed by atoms with E-state index >= 15 is 0 Å². The lowest BCUT2D eigenvalue weighted by Crippen LogP contribution is -2.52. The van der Waals surface area contributed by atoms with E-state index in [1.165, 1.54) is 16.8 Å². The van der Waals surface area contributed by atoms with Crippen LogP contribution in [0.3, 0.4) is 0 Å². The summed E-state index contributed by atoms with van der Waals surface area (Å²) in [5.74, 6) is 0. The number of benzene rings is 1. The van der Waals surface area contributed by atoms with E-state index in [0.29, 0.717) is 6.04 Å². The third-order valence-corrected chi connectivity index (χ3v) is 4.13. The van der Waals surface area contributed by atoms with Crippen molar-refractivity contribution in [1.29, 1.82) is 0 Å². The lowest BCUT2D eigenvalue weighted by Gasteiger charge is -2.40. The third-order valence-electron chi connectivity index (χ3n) is 4.13. The number of hydrogen-bond donors (Lipinski definition) is 1. The molecule has 2 N–H and O–H groups in total. The molecule has 1 aliphatic heterocycles. The van der Waals surface area contributed by atoms with Gasteiger partial charge in [0.1, 0.15) is 0 Å². The van der Waals surface area contributed by atoms with E-state index in [-0.39, 0.29) is 0 Å². The van der Waals surface area contributed by atoms with Gasteiger partial charge in [-0.25, -0.2) is 0 Å². The molecule has 1 aliphatic rings. The van der Waals surface area contributed by atoms with Gasteiger partial charge in [0.15, 0.2) is 0 Å². The van der Waals surface area contributed by atoms with Gasteiger partial charge in [-0.05, 0) is 57.1 Å². The Morgan fingerprint density at radius 1 is 1.22 bits per heavy atom. The minimum Gasteiger partial charge on any atom is -0.369 e. The maximum atomic E-state index is 5.70. The van der Waals surface area contributed by atoms with E-state index in [9.17, 15) is 0 Å². The summed E-state index contributed by atoms with van der Waals surface area (Å²) < 4.78 is 0. The highest BCUT2D eigenvalue weighted by Gasteiger charge is 2.23. The van der Waals surface area contributed by atoms with E-state index in [1.807, 2.05) is 0 Å². The molecule has 0 aliphatic carbocycles. The highest BCUT2D eigenvalue weighted by atomic mass is 15.3. The summed E-state index contributed by atoms with van der Waals surface area (Å²) >= 11 is 0. The summed E-state index contributed by atoms with van der Waals surface area (Å²) in [6.07, 6.45) is 1.08. The summed E-state index contributed by atoms with van der Waals surface area (Å²) in [5, 5.41) is 0. The molecule has 0 aromatic heterocycles. The SMILES string of the molecule is Cc1ccc(N2CCN(C)C(CCN)C2)cc1C. The fourth-order valence-corrected chi connectivity index (χ4v) is 2.61. The Balaban J connectivity index is 2.11. The largest absolute Gasteiger partial charge is 0.369 e. The van der Waals surface area contributed by atoms with Crippen LogP contribution in [-0.2, 0) is 0 Å². The zero-order chi connectivity index (χ0) is 13.1. The number of likely N-dealkylation sites (N-methyl/N-ethyl adjacent to an activating group) is 1. The first-order valence-corrected chi connectivity index (χ1v) is 6.84. The van der Waals surface area contributed by atoms with Gasteiger partial charge in [-0.3, -0.25) is 4.90 Å². The van der Waals surface area contributed by atoms with E-state index in [4.69, 9.17) is 5.73 Å². The molecule has 0 radical (unpaired) electrons. The molecule has 100 valence electrons. The maximum Gasteiger partial charge on any atom is 0.0370 e. The minimum atomic E-state index is 0.588. The molecule has 1 aromatic rings. The fourth-order valence-electron chi connectivity index (χ4n) is 2.61. The van der Waals surface area contributed by atoms with Crippen molar-refractivity contribution in [1.82, 2.24) is 4.90 Å². The van der Waals surface area contributed by atoms with Gasteiger partial charge >= 0.3 is 0 Å². The Hall–Kier alpha value is -1.06. The van der Waals surface area contributed by atoms with Gasteiger partial charge in [0, 0.05) is 31.4 Å². The van der Waals surface area contributed by atoms with Gasteiger partial charge < -0.3 is 10.6 Å². The number of nitrogens with zero attached hydrogens (tertiary/aromatic N) is 2. The first-order chi connectivity index (χ1) is 8.61. The first-order valence-electron chi connectivity index (χ1n) is 6.84. The molecule has 1 unspecified atom stereocenters. The van der Waals surface area contributed by atoms with Crippen LogP contribution in [0.15, 0.2) is 18.2 Å². The monoisotopic (exact) mass is 247 g/mol. The quantitative estimate of drug-likeness (QED) is 0.883. The minimum absolute atomic E-state index is 0.588. The predicted molar refractivity (Wildman–Crippen MR) is 78.2 cm³/mol. The van der Waals surface area contributed by atoms with Crippen molar-refractivity contribution in [2.75, 3.05) is 38.1 Å². The molecule has 3 heteroatoms. The van der Waals surface area contributed by atoms with E-state index in [2.05, 4.69) is 48.9 Å². The highest BCUT2D eigenvalue weighted by molar-refractivity contribution is 5.51. The Morgan fingerprint density at radius 3 is 2.67 bits per heavy atom. The van der Waals surface area contributed by atoms with Crippen molar-refractivity contribution in [3.8, 4) is 0 Å². The molecule has 1 fully saturated rings. The molecule has 0 spiro atoms. The molecular formula is C15H25N3. The summed E-state index contributed by atoms with van der Waals surface area (Å²) in [5.41, 5.74) is 9.80. The van der Waals surface area contributed by atoms with Crippen molar-refractivity contribution in [2.24, 2.45) is 5.73 Å². The van der Waals surface area contributed by atoms with Crippen LogP contribution in [0.1, 0.15) is 17.5 Å². The predicted octanol–water partition coefficient (Wildman–Crippen LogP) is 1.77. The van der Waals surface area contributed by atoms with Gasteiger partial charge in [-0.15, -0.1) is 0 Å². The summed E-state index contributed by atoms with van der Waals surface area (Å²) in [4.78, 5) is 4.93. The second kappa shape index (κ2) is 5.72. The van der Waals surface area contributed by atoms with Crippen LogP contribution < -0.4 is 10.6 Å². The van der Waals surface area contributed by atoms with E-state index < -0.39 is 0 Å². The topological polar surface area (TPSA) is 32.5 Å². The summed E-state index contributed by atoms with van der Waals surface area (Å²) in [7, 11) is 2.21. The molecule has 0 bridgehead atoms. The molecule has 2 rings (SSSR count). The molecule has 1 saturated heterocycles. The van der Waals surface area contributed by atoms with Crippen molar-refractivity contribution >= 4 is 5.69 Å². The number of aryl methyl sites for hydroxylation is 2. The molecule has 0 saturated carbocycles. The number of nitrogens with two attached hydrogens (primary N) is 1. The zero-order valence-corrected chi connectivity index (χ0v) is 11.8. The molecule has 0 amide bonds. The summed E-state index contributed by atoms with van der Waals surface area (Å²) in [6.45, 7) is 8.45. The van der Waals surface area contributed by atoms with Crippen LogP contribution in [0.4, 0.5) is 5.69 Å². The van der Waals surface area contributed by atoms with Crippen molar-refractivity contribution in [3.05, 3.63) is 29.3 Å². The van der Waals surface area contributed by atoms with Crippen molar-refractivity contribution < 1.29 is 0 Å². The maximum absolute atomic E-state index is 5.70. The zero-order valence-electron chi connectivity index (χ0n) is 11.8. The Bertz CT molecular complexity index is 403. The molecule has 18 heavy (non-hydrogen) atoms. The number of rotatable bonds is 3. The van der Waals surface area contributed by atoms with Gasteiger partial charge in [0.2, 0.25) is 0 Å². The molecule has 1 aromatic carbocycles. The third kappa shape index (κ3) is 2.85. The molecule has 1 heterocycles. The van der Waals surface area contributed by atoms with E-state index in [0.717, 1.165) is 32.6 Å². The van der Waals surface area contributed by atoms with Crippen molar-refractivity contribution in [3.63, 3.8) is 0 Å².